The Labute approximate surface area is 211 Å². The Morgan fingerprint density at radius 1 is 0.886 bits per heavy atom. The van der Waals surface area contributed by atoms with Crippen LogP contribution in [0.4, 0.5) is 10.5 Å². The molecule has 5 heteroatoms. The van der Waals surface area contributed by atoms with Crippen LogP contribution in [0.15, 0.2) is 90.0 Å². The minimum absolute atomic E-state index is 0.0626. The fourth-order valence-corrected chi connectivity index (χ4v) is 5.97. The summed E-state index contributed by atoms with van der Waals surface area (Å²) in [6, 6.07) is 27.3. The summed E-state index contributed by atoms with van der Waals surface area (Å²) in [6.07, 6.45) is 8.70. The van der Waals surface area contributed by atoms with E-state index in [1.165, 1.54) is 28.9 Å². The minimum atomic E-state index is -0.201. The fraction of sp³-hybridized carbons (Fsp3) is 0.233. The lowest BCUT2D eigenvalue weighted by Gasteiger charge is -2.31. The second-order valence-corrected chi connectivity index (χ2v) is 10.2. The Kier molecular flexibility index (Phi) is 5.86. The second-order valence-electron chi connectivity index (χ2n) is 9.32. The van der Waals surface area contributed by atoms with Crippen molar-refractivity contribution >= 4 is 23.5 Å². The molecule has 2 aliphatic rings. The quantitative estimate of drug-likeness (QED) is 0.315. The van der Waals surface area contributed by atoms with Crippen LogP contribution in [0.1, 0.15) is 46.8 Å². The van der Waals surface area contributed by atoms with Gasteiger partial charge in [-0.25, -0.2) is 4.79 Å². The first-order valence-electron chi connectivity index (χ1n) is 12.3. The Bertz CT molecular complexity index is 1370. The van der Waals surface area contributed by atoms with Gasteiger partial charge in [0.05, 0.1) is 18.3 Å². The Hall–Kier alpha value is -3.44. The highest BCUT2D eigenvalue weighted by atomic mass is 32.2. The highest BCUT2D eigenvalue weighted by Gasteiger charge is 2.33. The van der Waals surface area contributed by atoms with E-state index in [0.717, 1.165) is 41.0 Å². The van der Waals surface area contributed by atoms with Gasteiger partial charge in [0.2, 0.25) is 0 Å². The molecular formula is C30H29N3OS. The molecule has 2 amide bonds. The van der Waals surface area contributed by atoms with Gasteiger partial charge in [0.25, 0.3) is 0 Å². The van der Waals surface area contributed by atoms with Gasteiger partial charge in [-0.1, -0.05) is 42.5 Å². The van der Waals surface area contributed by atoms with E-state index in [4.69, 9.17) is 0 Å². The predicted octanol–water partition coefficient (Wildman–Crippen LogP) is 7.22. The standard InChI is InChI=1S/C30H29N3OS/c1-35-24-17-15-22(16-18-24)29-28-14-7-19-32(28)27-13-5-3-9-23(27)20-33(29)30(34)31-26-12-6-10-21-8-2-4-11-25(21)26/h3,5-7,9-10,12-19,29H,2,4,8,11,20H2,1H3,(H,31,34). The number of urea groups is 1. The Morgan fingerprint density at radius 3 is 2.54 bits per heavy atom. The number of hydrogen-bond donors (Lipinski definition) is 1. The second kappa shape index (κ2) is 9.31. The van der Waals surface area contributed by atoms with Crippen LogP contribution in [-0.2, 0) is 19.4 Å². The molecular weight excluding hydrogens is 450 g/mol. The number of fused-ring (bicyclic) bond motifs is 4. The molecule has 4 nitrogen and oxygen atoms in total. The highest BCUT2D eigenvalue weighted by molar-refractivity contribution is 7.98. The molecule has 1 aromatic heterocycles. The largest absolute Gasteiger partial charge is 0.322 e. The maximum absolute atomic E-state index is 14.1. The number of hydrogen-bond acceptors (Lipinski definition) is 2. The number of para-hydroxylation sites is 1. The zero-order valence-corrected chi connectivity index (χ0v) is 20.7. The van der Waals surface area contributed by atoms with E-state index < -0.39 is 0 Å². The lowest BCUT2D eigenvalue weighted by Crippen LogP contribution is -2.38. The van der Waals surface area contributed by atoms with E-state index in [1.807, 2.05) is 4.90 Å². The molecule has 0 saturated heterocycles. The van der Waals surface area contributed by atoms with Crippen molar-refractivity contribution in [2.75, 3.05) is 11.6 Å². The van der Waals surface area contributed by atoms with Crippen molar-refractivity contribution in [3.8, 4) is 5.69 Å². The van der Waals surface area contributed by atoms with E-state index in [-0.39, 0.29) is 12.1 Å². The summed E-state index contributed by atoms with van der Waals surface area (Å²) in [5, 5.41) is 3.32. The number of nitrogens with zero attached hydrogens (tertiary/aromatic N) is 2. The van der Waals surface area contributed by atoms with Crippen LogP contribution < -0.4 is 5.32 Å². The number of aryl methyl sites for hydroxylation is 1. The van der Waals surface area contributed by atoms with Gasteiger partial charge in [-0.2, -0.15) is 0 Å². The zero-order chi connectivity index (χ0) is 23.8. The SMILES string of the molecule is CSc1ccc(C2c3cccn3-c3ccccc3CN2C(=O)Nc2cccc3c2CCCC3)cc1. The van der Waals surface area contributed by atoms with Gasteiger partial charge in [-0.15, -0.1) is 11.8 Å². The van der Waals surface area contributed by atoms with Crippen LogP contribution in [0, 0.1) is 0 Å². The predicted molar refractivity (Wildman–Crippen MR) is 143 cm³/mol. The molecule has 4 aromatic rings. The topological polar surface area (TPSA) is 37.3 Å². The molecule has 1 unspecified atom stereocenters. The summed E-state index contributed by atoms with van der Waals surface area (Å²) in [4.78, 5) is 17.3. The molecule has 0 fully saturated rings. The molecule has 0 bridgehead atoms. The molecule has 0 saturated carbocycles. The van der Waals surface area contributed by atoms with Crippen LogP contribution in [-0.4, -0.2) is 21.8 Å². The number of carbonyl (C=O) groups is 1. The van der Waals surface area contributed by atoms with Crippen molar-refractivity contribution in [1.82, 2.24) is 9.47 Å². The van der Waals surface area contributed by atoms with E-state index in [1.54, 1.807) is 11.8 Å². The molecule has 6 rings (SSSR count). The van der Waals surface area contributed by atoms with Crippen LogP contribution in [0.2, 0.25) is 0 Å². The van der Waals surface area contributed by atoms with Crippen molar-refractivity contribution in [3.05, 3.63) is 113 Å². The number of amides is 2. The third kappa shape index (κ3) is 4.04. The zero-order valence-electron chi connectivity index (χ0n) is 19.9. The van der Waals surface area contributed by atoms with Crippen molar-refractivity contribution in [1.29, 1.82) is 0 Å². The number of thioether (sulfide) groups is 1. The van der Waals surface area contributed by atoms with Crippen molar-refractivity contribution < 1.29 is 4.79 Å². The number of anilines is 1. The number of carbonyl (C=O) groups excluding carboxylic acids is 1. The van der Waals surface area contributed by atoms with Crippen LogP contribution in [0.5, 0.6) is 0 Å². The summed E-state index contributed by atoms with van der Waals surface area (Å²) in [5.74, 6) is 0. The van der Waals surface area contributed by atoms with Gasteiger partial charge in [0.1, 0.15) is 0 Å². The number of benzene rings is 3. The van der Waals surface area contributed by atoms with Gasteiger partial charge < -0.3 is 14.8 Å². The molecule has 1 aliphatic carbocycles. The summed E-state index contributed by atoms with van der Waals surface area (Å²) in [5.41, 5.74) is 8.10. The first-order valence-corrected chi connectivity index (χ1v) is 13.5. The van der Waals surface area contributed by atoms with Crippen LogP contribution in [0.25, 0.3) is 5.69 Å². The van der Waals surface area contributed by atoms with Gasteiger partial charge in [-0.05, 0) is 90.6 Å². The summed E-state index contributed by atoms with van der Waals surface area (Å²) >= 11 is 1.73. The van der Waals surface area contributed by atoms with Gasteiger partial charge in [0.15, 0.2) is 0 Å². The third-order valence-corrected chi connectivity index (χ3v) is 8.04. The summed E-state index contributed by atoms with van der Waals surface area (Å²) in [6.45, 7) is 0.535. The number of aromatic nitrogens is 1. The minimum Gasteiger partial charge on any atom is -0.318 e. The van der Waals surface area contributed by atoms with Crippen LogP contribution >= 0.6 is 11.8 Å². The molecule has 1 N–H and O–H groups in total. The normalized spacial score (nSPS) is 16.6. The summed E-state index contributed by atoms with van der Waals surface area (Å²) < 4.78 is 2.24. The van der Waals surface area contributed by atoms with Crippen molar-refractivity contribution in [2.45, 2.75) is 43.2 Å². The van der Waals surface area contributed by atoms with Gasteiger partial charge in [0, 0.05) is 22.5 Å². The molecule has 3 aromatic carbocycles. The Morgan fingerprint density at radius 2 is 1.69 bits per heavy atom. The molecule has 35 heavy (non-hydrogen) atoms. The maximum atomic E-state index is 14.1. The maximum Gasteiger partial charge on any atom is 0.322 e. The lowest BCUT2D eigenvalue weighted by molar-refractivity contribution is 0.194. The molecule has 176 valence electrons. The first-order chi connectivity index (χ1) is 17.2. The van der Waals surface area contributed by atoms with E-state index >= 15 is 0 Å². The molecule has 1 atom stereocenters. The number of nitrogens with one attached hydrogen (secondary N) is 1. The monoisotopic (exact) mass is 479 g/mol. The van der Waals surface area contributed by atoms with E-state index in [9.17, 15) is 4.79 Å². The molecule has 0 spiro atoms. The highest BCUT2D eigenvalue weighted by Crippen LogP contribution is 2.38. The fourth-order valence-electron chi connectivity index (χ4n) is 5.56. The number of rotatable bonds is 3. The Balaban J connectivity index is 1.44. The van der Waals surface area contributed by atoms with Gasteiger partial charge >= 0.3 is 6.03 Å². The molecule has 0 radical (unpaired) electrons. The lowest BCUT2D eigenvalue weighted by atomic mass is 9.90. The third-order valence-electron chi connectivity index (χ3n) is 7.29. The average molecular weight is 480 g/mol. The van der Waals surface area contributed by atoms with Crippen molar-refractivity contribution in [3.63, 3.8) is 0 Å². The van der Waals surface area contributed by atoms with Crippen molar-refractivity contribution in [2.24, 2.45) is 0 Å². The van der Waals surface area contributed by atoms with E-state index in [0.29, 0.717) is 6.54 Å². The average Bonchev–Trinajstić information content (AvgIpc) is 3.33. The van der Waals surface area contributed by atoms with Gasteiger partial charge in [-0.3, -0.25) is 0 Å². The summed E-state index contributed by atoms with van der Waals surface area (Å²) in [7, 11) is 0. The molecule has 2 heterocycles. The smallest absolute Gasteiger partial charge is 0.318 e. The van der Waals surface area contributed by atoms with Crippen LogP contribution in [0.3, 0.4) is 0 Å². The molecule has 1 aliphatic heterocycles. The first kappa shape index (κ1) is 22.1. The van der Waals surface area contributed by atoms with E-state index in [2.05, 4.69) is 101 Å².